The standard InChI is InChI=1S/C10H7ClINOS/c11-9-5-10(14)13(15-9)6-7-1-3-8(12)4-2-7/h1-5H,6H2. The van der Waals surface area contributed by atoms with Gasteiger partial charge in [-0.05, 0) is 51.8 Å². The van der Waals surface area contributed by atoms with Crippen molar-refractivity contribution in [2.24, 2.45) is 0 Å². The lowest BCUT2D eigenvalue weighted by atomic mass is 10.2. The molecule has 0 N–H and O–H groups in total. The van der Waals surface area contributed by atoms with E-state index in [0.29, 0.717) is 10.9 Å². The summed E-state index contributed by atoms with van der Waals surface area (Å²) in [6.45, 7) is 0.590. The molecule has 5 heteroatoms. The van der Waals surface area contributed by atoms with Gasteiger partial charge in [0.2, 0.25) is 0 Å². The zero-order valence-corrected chi connectivity index (χ0v) is 11.3. The fraction of sp³-hybridized carbons (Fsp3) is 0.100. The Bertz CT molecular complexity index is 517. The van der Waals surface area contributed by atoms with Crippen LogP contribution in [0.15, 0.2) is 35.1 Å². The molecule has 0 fully saturated rings. The average Bonchev–Trinajstić information content (AvgIpc) is 2.49. The summed E-state index contributed by atoms with van der Waals surface area (Å²) in [6, 6.07) is 9.52. The van der Waals surface area contributed by atoms with E-state index in [1.807, 2.05) is 24.3 Å². The molecule has 2 rings (SSSR count). The van der Waals surface area contributed by atoms with Crippen LogP contribution < -0.4 is 5.56 Å². The maximum Gasteiger partial charge on any atom is 0.262 e. The minimum absolute atomic E-state index is 0.0384. The molecule has 1 heterocycles. The van der Waals surface area contributed by atoms with Crippen molar-refractivity contribution in [3.8, 4) is 0 Å². The van der Waals surface area contributed by atoms with E-state index in [0.717, 1.165) is 5.56 Å². The minimum Gasteiger partial charge on any atom is -0.268 e. The molecule has 78 valence electrons. The van der Waals surface area contributed by atoms with Gasteiger partial charge in [0.25, 0.3) is 5.56 Å². The number of hydrogen-bond donors (Lipinski definition) is 0. The molecule has 0 saturated carbocycles. The number of nitrogens with zero attached hydrogens (tertiary/aromatic N) is 1. The maximum atomic E-state index is 11.4. The van der Waals surface area contributed by atoms with Crippen LogP contribution in [0.1, 0.15) is 5.56 Å². The summed E-state index contributed by atoms with van der Waals surface area (Å²) in [5.41, 5.74) is 1.07. The van der Waals surface area contributed by atoms with Crippen molar-refractivity contribution in [3.63, 3.8) is 0 Å². The van der Waals surface area contributed by atoms with E-state index in [2.05, 4.69) is 22.6 Å². The first-order valence-corrected chi connectivity index (χ1v) is 6.49. The first-order chi connectivity index (χ1) is 7.15. The molecule has 0 saturated heterocycles. The first kappa shape index (κ1) is 11.2. The summed E-state index contributed by atoms with van der Waals surface area (Å²) in [6.07, 6.45) is 0. The molecule has 0 amide bonds. The Balaban J connectivity index is 2.25. The fourth-order valence-corrected chi connectivity index (χ4v) is 2.63. The highest BCUT2D eigenvalue weighted by Gasteiger charge is 2.02. The van der Waals surface area contributed by atoms with Crippen LogP contribution in [0.2, 0.25) is 4.34 Å². The van der Waals surface area contributed by atoms with E-state index < -0.39 is 0 Å². The summed E-state index contributed by atoms with van der Waals surface area (Å²) < 4.78 is 3.36. The lowest BCUT2D eigenvalue weighted by Crippen LogP contribution is -2.12. The SMILES string of the molecule is O=c1cc(Cl)sn1Cc1ccc(I)cc1. The van der Waals surface area contributed by atoms with Crippen LogP contribution in [0.4, 0.5) is 0 Å². The van der Waals surface area contributed by atoms with Gasteiger partial charge in [0.1, 0.15) is 4.34 Å². The number of rotatable bonds is 2. The fourth-order valence-electron chi connectivity index (χ4n) is 1.21. The third kappa shape index (κ3) is 2.83. The highest BCUT2D eigenvalue weighted by molar-refractivity contribution is 14.1. The second-order valence-electron chi connectivity index (χ2n) is 3.04. The Kier molecular flexibility index (Phi) is 3.48. The van der Waals surface area contributed by atoms with Crippen molar-refractivity contribution in [2.75, 3.05) is 0 Å². The van der Waals surface area contributed by atoms with Gasteiger partial charge >= 0.3 is 0 Å². The quantitative estimate of drug-likeness (QED) is 0.762. The number of aromatic nitrogens is 1. The summed E-state index contributed by atoms with van der Waals surface area (Å²) in [5.74, 6) is 0. The lowest BCUT2D eigenvalue weighted by molar-refractivity contribution is 0.849. The molecule has 2 aromatic rings. The van der Waals surface area contributed by atoms with Crippen molar-refractivity contribution < 1.29 is 0 Å². The highest BCUT2D eigenvalue weighted by Crippen LogP contribution is 2.14. The Morgan fingerprint density at radius 1 is 1.33 bits per heavy atom. The van der Waals surface area contributed by atoms with E-state index >= 15 is 0 Å². The van der Waals surface area contributed by atoms with Crippen LogP contribution in [0, 0.1) is 3.57 Å². The van der Waals surface area contributed by atoms with Crippen LogP contribution in [-0.2, 0) is 6.54 Å². The average molecular weight is 352 g/mol. The third-order valence-corrected chi connectivity index (χ3v) is 3.78. The molecule has 2 nitrogen and oxygen atoms in total. The van der Waals surface area contributed by atoms with Crippen molar-refractivity contribution in [1.29, 1.82) is 0 Å². The van der Waals surface area contributed by atoms with Gasteiger partial charge in [0.15, 0.2) is 0 Å². The van der Waals surface area contributed by atoms with Crippen molar-refractivity contribution in [2.45, 2.75) is 6.54 Å². The predicted molar refractivity (Wildman–Crippen MR) is 71.9 cm³/mol. The second-order valence-corrected chi connectivity index (χ2v) is 5.98. The Morgan fingerprint density at radius 2 is 2.00 bits per heavy atom. The van der Waals surface area contributed by atoms with Gasteiger partial charge in [0, 0.05) is 9.64 Å². The van der Waals surface area contributed by atoms with Crippen LogP contribution in [0.5, 0.6) is 0 Å². The maximum absolute atomic E-state index is 11.4. The second kappa shape index (κ2) is 4.67. The Labute approximate surface area is 110 Å². The molecule has 0 radical (unpaired) electrons. The number of benzene rings is 1. The van der Waals surface area contributed by atoms with Gasteiger partial charge < -0.3 is 0 Å². The largest absolute Gasteiger partial charge is 0.268 e. The van der Waals surface area contributed by atoms with Crippen LogP contribution in [0.25, 0.3) is 0 Å². The van der Waals surface area contributed by atoms with Crippen molar-refractivity contribution >= 4 is 45.7 Å². The van der Waals surface area contributed by atoms with Gasteiger partial charge in [0.05, 0.1) is 6.54 Å². The predicted octanol–water partition coefficient (Wildman–Crippen LogP) is 3.22. The van der Waals surface area contributed by atoms with Gasteiger partial charge in [-0.3, -0.25) is 8.75 Å². The van der Waals surface area contributed by atoms with Crippen molar-refractivity contribution in [3.05, 3.63) is 54.2 Å². The first-order valence-electron chi connectivity index (χ1n) is 4.26. The van der Waals surface area contributed by atoms with E-state index in [-0.39, 0.29) is 5.56 Å². The summed E-state index contributed by atoms with van der Waals surface area (Å²) in [7, 11) is 0. The molecular weight excluding hydrogens is 345 g/mol. The van der Waals surface area contributed by atoms with Crippen LogP contribution in [-0.4, -0.2) is 3.96 Å². The molecule has 1 aromatic heterocycles. The summed E-state index contributed by atoms with van der Waals surface area (Å²) >= 11 is 9.29. The zero-order valence-electron chi connectivity index (χ0n) is 7.61. The molecule has 0 aliphatic rings. The van der Waals surface area contributed by atoms with E-state index in [4.69, 9.17) is 11.6 Å². The summed E-state index contributed by atoms with van der Waals surface area (Å²) in [4.78, 5) is 11.4. The minimum atomic E-state index is -0.0384. The van der Waals surface area contributed by atoms with Gasteiger partial charge in [-0.2, -0.15) is 0 Å². The molecule has 1 aromatic carbocycles. The van der Waals surface area contributed by atoms with Crippen LogP contribution in [0.3, 0.4) is 0 Å². The normalized spacial score (nSPS) is 10.5. The number of halogens is 2. The van der Waals surface area contributed by atoms with Crippen LogP contribution >= 0.6 is 45.7 Å². The molecular formula is C10H7ClINOS. The van der Waals surface area contributed by atoms with Gasteiger partial charge in [-0.1, -0.05) is 23.7 Å². The molecule has 0 spiro atoms. The lowest BCUT2D eigenvalue weighted by Gasteiger charge is -2.00. The smallest absolute Gasteiger partial charge is 0.262 e. The Hall–Kier alpha value is -0.330. The zero-order chi connectivity index (χ0) is 10.8. The molecule has 0 unspecified atom stereocenters. The topological polar surface area (TPSA) is 22.0 Å². The van der Waals surface area contributed by atoms with E-state index in [1.165, 1.54) is 21.2 Å². The Morgan fingerprint density at radius 3 is 2.53 bits per heavy atom. The van der Waals surface area contributed by atoms with E-state index in [1.54, 1.807) is 3.96 Å². The monoisotopic (exact) mass is 351 g/mol. The molecule has 0 aliphatic carbocycles. The summed E-state index contributed by atoms with van der Waals surface area (Å²) in [5, 5.41) is 0. The molecule has 0 aliphatic heterocycles. The molecule has 15 heavy (non-hydrogen) atoms. The van der Waals surface area contributed by atoms with Crippen molar-refractivity contribution in [1.82, 2.24) is 3.96 Å². The van der Waals surface area contributed by atoms with E-state index in [9.17, 15) is 4.79 Å². The molecule has 0 bridgehead atoms. The van der Waals surface area contributed by atoms with Gasteiger partial charge in [-0.25, -0.2) is 0 Å². The van der Waals surface area contributed by atoms with Gasteiger partial charge in [-0.15, -0.1) is 0 Å². The molecule has 0 atom stereocenters. The third-order valence-electron chi connectivity index (χ3n) is 1.92. The number of hydrogen-bond acceptors (Lipinski definition) is 2. The highest BCUT2D eigenvalue weighted by atomic mass is 127.